The summed E-state index contributed by atoms with van der Waals surface area (Å²) < 4.78 is 1.58. The van der Waals surface area contributed by atoms with Gasteiger partial charge in [0, 0.05) is 11.4 Å². The van der Waals surface area contributed by atoms with Gasteiger partial charge in [-0.25, -0.2) is 4.68 Å². The highest BCUT2D eigenvalue weighted by Gasteiger charge is 2.11. The van der Waals surface area contributed by atoms with Gasteiger partial charge >= 0.3 is 0 Å². The van der Waals surface area contributed by atoms with Crippen molar-refractivity contribution in [1.29, 1.82) is 0 Å². The topological polar surface area (TPSA) is 82.8 Å². The van der Waals surface area contributed by atoms with Crippen LogP contribution in [-0.2, 0) is 11.5 Å². The van der Waals surface area contributed by atoms with E-state index in [1.807, 2.05) is 24.3 Å². The van der Waals surface area contributed by atoms with Crippen LogP contribution in [0.25, 0.3) is 0 Å². The van der Waals surface area contributed by atoms with Crippen LogP contribution in [0.4, 0.5) is 5.69 Å². The number of nitrogens with two attached hydrogens (primary N) is 2. The molecule has 0 aliphatic rings. The first-order valence-electron chi connectivity index (χ1n) is 6.34. The molecule has 0 spiro atoms. The predicted octanol–water partition coefficient (Wildman–Crippen LogP) is 2.51. The zero-order valence-electron chi connectivity index (χ0n) is 11.6. The van der Waals surface area contributed by atoms with Crippen LogP contribution < -0.4 is 11.6 Å². The molecule has 1 heterocycles. The molecule has 0 saturated carbocycles. The summed E-state index contributed by atoms with van der Waals surface area (Å²) in [4.78, 5) is 0. The zero-order valence-corrected chi connectivity index (χ0v) is 13.2. The third-order valence-corrected chi connectivity index (χ3v) is 4.73. The maximum atomic E-state index is 6.02. The second-order valence-electron chi connectivity index (χ2n) is 4.66. The van der Waals surface area contributed by atoms with Crippen LogP contribution in [0, 0.1) is 0 Å². The molecule has 5 nitrogen and oxygen atoms in total. The number of thioether (sulfide) groups is 2. The fourth-order valence-corrected chi connectivity index (χ4v) is 3.02. The lowest BCUT2D eigenvalue weighted by Crippen LogP contribution is -2.13. The number of hydrogen-bond acceptors (Lipinski definition) is 6. The van der Waals surface area contributed by atoms with Crippen LogP contribution in [0.5, 0.6) is 0 Å². The van der Waals surface area contributed by atoms with Crippen molar-refractivity contribution in [3.05, 3.63) is 35.7 Å². The van der Waals surface area contributed by atoms with Crippen molar-refractivity contribution in [3.8, 4) is 0 Å². The number of nitrogens with zero attached hydrogens (tertiary/aromatic N) is 3. The summed E-state index contributed by atoms with van der Waals surface area (Å²) in [6.07, 6.45) is 0. The molecule has 1 aromatic heterocycles. The van der Waals surface area contributed by atoms with Crippen LogP contribution in [0.15, 0.2) is 29.4 Å². The summed E-state index contributed by atoms with van der Waals surface area (Å²) in [7, 11) is 0. The summed E-state index contributed by atoms with van der Waals surface area (Å²) in [6, 6.07) is 7.81. The number of hydrogen-bond donors (Lipinski definition) is 2. The molecule has 0 fully saturated rings. The number of nitrogen functional groups attached to an aromatic ring is 2. The Morgan fingerprint density at radius 1 is 1.15 bits per heavy atom. The van der Waals surface area contributed by atoms with Crippen molar-refractivity contribution in [3.63, 3.8) is 0 Å². The lowest BCUT2D eigenvalue weighted by Gasteiger charge is -2.05. The summed E-state index contributed by atoms with van der Waals surface area (Å²) in [5.41, 5.74) is 7.62. The van der Waals surface area contributed by atoms with Crippen LogP contribution in [0.3, 0.4) is 0 Å². The first-order chi connectivity index (χ1) is 9.56. The van der Waals surface area contributed by atoms with Gasteiger partial charge in [0.1, 0.15) is 0 Å². The molecule has 0 bridgehead atoms. The van der Waals surface area contributed by atoms with E-state index in [2.05, 4.69) is 24.0 Å². The van der Waals surface area contributed by atoms with E-state index in [0.29, 0.717) is 5.25 Å². The molecule has 0 unspecified atom stereocenters. The SMILES string of the molecule is CC(C)SCc1nnc(SCc2ccc(N)cc2)n1N. The summed E-state index contributed by atoms with van der Waals surface area (Å²) >= 11 is 3.38. The molecule has 0 atom stereocenters. The average molecular weight is 309 g/mol. The quantitative estimate of drug-likeness (QED) is 0.485. The fraction of sp³-hybridized carbons (Fsp3) is 0.385. The van der Waals surface area contributed by atoms with Crippen LogP contribution in [-0.4, -0.2) is 20.1 Å². The Labute approximate surface area is 127 Å². The van der Waals surface area contributed by atoms with Gasteiger partial charge in [0.25, 0.3) is 0 Å². The minimum Gasteiger partial charge on any atom is -0.399 e. The Bertz CT molecular complexity index is 550. The van der Waals surface area contributed by atoms with Gasteiger partial charge in [-0.3, -0.25) is 0 Å². The smallest absolute Gasteiger partial charge is 0.210 e. The largest absolute Gasteiger partial charge is 0.399 e. The maximum Gasteiger partial charge on any atom is 0.210 e. The number of aromatic nitrogens is 3. The molecule has 0 radical (unpaired) electrons. The molecule has 2 aromatic rings. The third kappa shape index (κ3) is 4.08. The Hall–Kier alpha value is -1.34. The fourth-order valence-electron chi connectivity index (χ4n) is 1.51. The van der Waals surface area contributed by atoms with Crippen molar-refractivity contribution in [1.82, 2.24) is 14.9 Å². The summed E-state index contributed by atoms with van der Waals surface area (Å²) in [5.74, 6) is 8.40. The van der Waals surface area contributed by atoms with Gasteiger partial charge in [0.05, 0.1) is 5.75 Å². The highest BCUT2D eigenvalue weighted by atomic mass is 32.2. The van der Waals surface area contributed by atoms with Gasteiger partial charge in [-0.2, -0.15) is 11.8 Å². The number of rotatable bonds is 6. The molecule has 0 aliphatic heterocycles. The van der Waals surface area contributed by atoms with E-state index >= 15 is 0 Å². The van der Waals surface area contributed by atoms with Gasteiger partial charge in [0.2, 0.25) is 5.16 Å². The highest BCUT2D eigenvalue weighted by molar-refractivity contribution is 7.99. The Kier molecular flexibility index (Phi) is 5.19. The molecular weight excluding hydrogens is 290 g/mol. The van der Waals surface area contributed by atoms with E-state index in [9.17, 15) is 0 Å². The first kappa shape index (κ1) is 15.1. The van der Waals surface area contributed by atoms with Crippen molar-refractivity contribution in [2.24, 2.45) is 0 Å². The van der Waals surface area contributed by atoms with E-state index in [1.54, 1.807) is 28.2 Å². The van der Waals surface area contributed by atoms with Gasteiger partial charge in [-0.15, -0.1) is 10.2 Å². The highest BCUT2D eigenvalue weighted by Crippen LogP contribution is 2.23. The molecule has 1 aromatic carbocycles. The normalized spacial score (nSPS) is 11.2. The molecule has 20 heavy (non-hydrogen) atoms. The molecule has 0 saturated heterocycles. The minimum absolute atomic E-state index is 0.553. The lowest BCUT2D eigenvalue weighted by molar-refractivity contribution is 0.820. The monoisotopic (exact) mass is 309 g/mol. The standard InChI is InChI=1S/C13H19N5S2/c1-9(2)19-8-12-16-17-13(18(12)15)20-7-10-3-5-11(14)6-4-10/h3-6,9H,7-8,14-15H2,1-2H3. The van der Waals surface area contributed by atoms with Gasteiger partial charge in [-0.1, -0.05) is 37.7 Å². The van der Waals surface area contributed by atoms with Crippen molar-refractivity contribution in [2.75, 3.05) is 11.6 Å². The molecular formula is C13H19N5S2. The average Bonchev–Trinajstić information content (AvgIpc) is 2.77. The molecule has 108 valence electrons. The minimum atomic E-state index is 0.553. The predicted molar refractivity (Wildman–Crippen MR) is 87.0 cm³/mol. The van der Waals surface area contributed by atoms with Crippen LogP contribution in [0.1, 0.15) is 25.2 Å². The molecule has 4 N–H and O–H groups in total. The van der Waals surface area contributed by atoms with Crippen molar-refractivity contribution < 1.29 is 0 Å². The van der Waals surface area contributed by atoms with Gasteiger partial charge in [0.15, 0.2) is 5.82 Å². The Morgan fingerprint density at radius 2 is 1.85 bits per heavy atom. The number of anilines is 1. The maximum absolute atomic E-state index is 6.02. The van der Waals surface area contributed by atoms with Crippen LogP contribution in [0.2, 0.25) is 0 Å². The molecule has 0 aliphatic carbocycles. The van der Waals surface area contributed by atoms with Gasteiger partial charge < -0.3 is 11.6 Å². The second-order valence-corrected chi connectivity index (χ2v) is 7.17. The van der Waals surface area contributed by atoms with Crippen molar-refractivity contribution in [2.45, 2.75) is 35.8 Å². The first-order valence-corrected chi connectivity index (χ1v) is 8.38. The van der Waals surface area contributed by atoms with Gasteiger partial charge in [-0.05, 0) is 22.9 Å². The van der Waals surface area contributed by atoms with Crippen LogP contribution >= 0.6 is 23.5 Å². The number of benzene rings is 1. The Morgan fingerprint density at radius 3 is 2.50 bits per heavy atom. The second kappa shape index (κ2) is 6.90. The summed E-state index contributed by atoms with van der Waals surface area (Å²) in [5, 5.41) is 9.57. The molecule has 7 heteroatoms. The van der Waals surface area contributed by atoms with Crippen molar-refractivity contribution >= 4 is 29.2 Å². The third-order valence-electron chi connectivity index (χ3n) is 2.63. The van der Waals surface area contributed by atoms with E-state index in [0.717, 1.165) is 28.2 Å². The molecule has 2 rings (SSSR count). The Balaban J connectivity index is 1.94. The van der Waals surface area contributed by atoms with E-state index < -0.39 is 0 Å². The molecule has 0 amide bonds. The zero-order chi connectivity index (χ0) is 14.5. The summed E-state index contributed by atoms with van der Waals surface area (Å²) in [6.45, 7) is 4.30. The van der Waals surface area contributed by atoms with E-state index in [-0.39, 0.29) is 0 Å². The lowest BCUT2D eigenvalue weighted by atomic mass is 10.2. The van der Waals surface area contributed by atoms with E-state index in [1.165, 1.54) is 5.56 Å². The van der Waals surface area contributed by atoms with E-state index in [4.69, 9.17) is 11.6 Å².